The summed E-state index contributed by atoms with van der Waals surface area (Å²) >= 11 is 0.862. The minimum atomic E-state index is -4.68. The van der Waals surface area contributed by atoms with Gasteiger partial charge in [-0.3, -0.25) is 9.69 Å². The molecule has 1 saturated heterocycles. The number of halogens is 3. The fourth-order valence-electron chi connectivity index (χ4n) is 4.41. The summed E-state index contributed by atoms with van der Waals surface area (Å²) in [5.74, 6) is -0.472. The molecule has 8 nitrogen and oxygen atoms in total. The Balaban J connectivity index is 2.17. The number of amides is 1. The average Bonchev–Trinajstić information content (AvgIpc) is 3.28. The summed E-state index contributed by atoms with van der Waals surface area (Å²) in [4.78, 5) is 24.1. The number of aliphatic hydroxyl groups is 1. The van der Waals surface area contributed by atoms with E-state index in [0.29, 0.717) is 13.0 Å². The minimum absolute atomic E-state index is 0.0154. The first kappa shape index (κ1) is 31.3. The number of carbonyl (C=O) groups excluding carboxylic acids is 1. The van der Waals surface area contributed by atoms with Crippen LogP contribution in [0.5, 0.6) is 0 Å². The number of nitrogens with zero attached hydrogens (tertiary/aromatic N) is 3. The highest BCUT2D eigenvalue weighted by Gasteiger charge is 2.39. The van der Waals surface area contributed by atoms with Crippen molar-refractivity contribution in [1.82, 2.24) is 20.2 Å². The third kappa shape index (κ3) is 7.90. The van der Waals surface area contributed by atoms with Crippen LogP contribution in [0.15, 0.2) is 12.3 Å². The molecule has 0 bridgehead atoms. The third-order valence-corrected chi connectivity index (χ3v) is 8.05. The first-order chi connectivity index (χ1) is 18.1. The zero-order chi connectivity index (χ0) is 29.2. The molecule has 3 N–H and O–H groups in total. The molecule has 0 radical (unpaired) electrons. The van der Waals surface area contributed by atoms with Gasteiger partial charge in [-0.1, -0.05) is 13.3 Å². The first-order valence-corrected chi connectivity index (χ1v) is 14.0. The zero-order valence-electron chi connectivity index (χ0n) is 23.7. The van der Waals surface area contributed by atoms with E-state index in [9.17, 15) is 23.1 Å². The van der Waals surface area contributed by atoms with Crippen LogP contribution in [0.4, 0.5) is 19.0 Å². The number of hydrogen-bond donors (Lipinski definition) is 3. The molecule has 0 spiro atoms. The lowest BCUT2D eigenvalue weighted by Gasteiger charge is -2.38. The molecule has 2 aromatic rings. The van der Waals surface area contributed by atoms with Crippen LogP contribution in [-0.4, -0.2) is 63.3 Å². The van der Waals surface area contributed by atoms with Gasteiger partial charge < -0.3 is 20.5 Å². The second-order valence-electron chi connectivity index (χ2n) is 11.4. The van der Waals surface area contributed by atoms with Gasteiger partial charge in [0.1, 0.15) is 11.5 Å². The van der Waals surface area contributed by atoms with Crippen molar-refractivity contribution in [2.45, 2.75) is 96.8 Å². The molecule has 0 aromatic carbocycles. The Morgan fingerprint density at radius 1 is 1.28 bits per heavy atom. The largest absolute Gasteiger partial charge is 0.417 e. The maximum atomic E-state index is 14.5. The summed E-state index contributed by atoms with van der Waals surface area (Å²) in [6, 6.07) is 1.13. The number of hydrogen-bond acceptors (Lipinski definition) is 8. The van der Waals surface area contributed by atoms with E-state index in [-0.39, 0.29) is 39.5 Å². The minimum Gasteiger partial charge on any atom is -0.389 e. The highest BCUT2D eigenvalue weighted by atomic mass is 32.1. The normalized spacial score (nSPS) is 18.2. The summed E-state index contributed by atoms with van der Waals surface area (Å²) in [5.41, 5.74) is -2.42. The molecule has 1 aliphatic heterocycles. The Hall–Kier alpha value is -2.28. The van der Waals surface area contributed by atoms with Gasteiger partial charge in [0.2, 0.25) is 0 Å². The lowest BCUT2D eigenvalue weighted by molar-refractivity contribution is -0.137. The molecule has 218 valence electrons. The van der Waals surface area contributed by atoms with Crippen molar-refractivity contribution in [2.24, 2.45) is 0 Å². The van der Waals surface area contributed by atoms with Gasteiger partial charge in [-0.15, -0.1) is 11.3 Å². The van der Waals surface area contributed by atoms with Gasteiger partial charge in [0, 0.05) is 43.5 Å². The van der Waals surface area contributed by atoms with Crippen molar-refractivity contribution >= 4 is 23.1 Å². The second-order valence-corrected chi connectivity index (χ2v) is 12.4. The van der Waals surface area contributed by atoms with Crippen LogP contribution in [0.3, 0.4) is 0 Å². The van der Waals surface area contributed by atoms with Crippen molar-refractivity contribution in [2.75, 3.05) is 25.5 Å². The van der Waals surface area contributed by atoms with Gasteiger partial charge in [-0.2, -0.15) is 13.2 Å². The highest BCUT2D eigenvalue weighted by molar-refractivity contribution is 7.17. The van der Waals surface area contributed by atoms with Gasteiger partial charge >= 0.3 is 6.18 Å². The highest BCUT2D eigenvalue weighted by Crippen LogP contribution is 2.44. The number of likely N-dealkylation sites (tertiary alicyclic amines) is 1. The average molecular weight is 572 g/mol. The van der Waals surface area contributed by atoms with E-state index in [1.807, 2.05) is 27.7 Å². The number of thiazole rings is 1. The van der Waals surface area contributed by atoms with E-state index in [4.69, 9.17) is 4.74 Å². The number of anilines is 1. The Morgan fingerprint density at radius 2 is 1.97 bits per heavy atom. The number of piperidine rings is 1. The molecule has 2 atom stereocenters. The number of aromatic nitrogens is 2. The molecule has 12 heteroatoms. The number of rotatable bonds is 10. The maximum absolute atomic E-state index is 14.5. The van der Waals surface area contributed by atoms with E-state index in [1.165, 1.54) is 13.3 Å². The van der Waals surface area contributed by atoms with E-state index in [1.54, 1.807) is 13.8 Å². The van der Waals surface area contributed by atoms with E-state index in [0.717, 1.165) is 36.7 Å². The SMILES string of the molecule is CCC(C)(C)Nc1cc(C(F)(F)F)c(-c2sc(C(=O)NCC(C)(C)O)nc2C(OC)N2CCCC[C@@H]2C)cn1. The number of pyridine rings is 1. The standard InChI is InChI=1S/C27H40F3N5O3S/c1-8-25(3,4)34-19-13-18(27(28,29)30)17(14-31-19)21-20(24(38-7)35-12-10-9-11-16(35)2)33-23(39-21)22(36)32-15-26(5,6)37/h13-14,16,24,37H,8-12,15H2,1-7H3,(H,31,34)(H,32,36)/t16-,24?/m0/s1. The Morgan fingerprint density at radius 3 is 2.54 bits per heavy atom. The van der Waals surface area contributed by atoms with Crippen molar-refractivity contribution in [3.8, 4) is 10.4 Å². The van der Waals surface area contributed by atoms with Crippen LogP contribution in [0.25, 0.3) is 10.4 Å². The maximum Gasteiger partial charge on any atom is 0.417 e. The molecule has 39 heavy (non-hydrogen) atoms. The first-order valence-electron chi connectivity index (χ1n) is 13.2. The summed E-state index contributed by atoms with van der Waals surface area (Å²) in [7, 11) is 1.49. The van der Waals surface area contributed by atoms with Crippen LogP contribution >= 0.6 is 11.3 Å². The summed E-state index contributed by atoms with van der Waals surface area (Å²) in [5, 5.41) is 15.7. The van der Waals surface area contributed by atoms with Gasteiger partial charge in [0.25, 0.3) is 5.91 Å². The Bertz CT molecular complexity index is 1150. The van der Waals surface area contributed by atoms with Crippen molar-refractivity contribution in [1.29, 1.82) is 0 Å². The van der Waals surface area contributed by atoms with Crippen molar-refractivity contribution in [3.63, 3.8) is 0 Å². The molecule has 1 fully saturated rings. The van der Waals surface area contributed by atoms with Crippen molar-refractivity contribution < 1.29 is 27.8 Å². The summed E-state index contributed by atoms with van der Waals surface area (Å²) in [6.07, 6.45) is -0.667. The number of ether oxygens (including phenoxy) is 1. The van der Waals surface area contributed by atoms with E-state index in [2.05, 4.69) is 25.5 Å². The zero-order valence-corrected chi connectivity index (χ0v) is 24.5. The molecule has 3 heterocycles. The predicted octanol–water partition coefficient (Wildman–Crippen LogP) is 5.84. The lowest BCUT2D eigenvalue weighted by Crippen LogP contribution is -2.41. The molecular weight excluding hydrogens is 531 g/mol. The number of nitrogens with one attached hydrogen (secondary N) is 2. The third-order valence-electron chi connectivity index (χ3n) is 6.95. The smallest absolute Gasteiger partial charge is 0.389 e. The lowest BCUT2D eigenvalue weighted by atomic mass is 10.0. The molecule has 1 unspecified atom stereocenters. The topological polar surface area (TPSA) is 99.6 Å². The Kier molecular flexibility index (Phi) is 9.67. The van der Waals surface area contributed by atoms with Gasteiger partial charge in [-0.05, 0) is 59.9 Å². The molecule has 0 saturated carbocycles. The van der Waals surface area contributed by atoms with Gasteiger partial charge in [0.05, 0.1) is 16.0 Å². The monoisotopic (exact) mass is 571 g/mol. The van der Waals surface area contributed by atoms with E-state index < -0.39 is 35.0 Å². The van der Waals surface area contributed by atoms with Crippen LogP contribution in [0.2, 0.25) is 0 Å². The molecule has 2 aromatic heterocycles. The number of carbonyl (C=O) groups is 1. The summed E-state index contributed by atoms with van der Waals surface area (Å²) < 4.78 is 49.2. The fourth-order valence-corrected chi connectivity index (χ4v) is 5.43. The molecule has 1 aliphatic rings. The van der Waals surface area contributed by atoms with Gasteiger partial charge in [0.15, 0.2) is 11.2 Å². The second kappa shape index (κ2) is 12.1. The molecular formula is C27H40F3N5O3S. The van der Waals surface area contributed by atoms with Crippen LogP contribution < -0.4 is 10.6 Å². The Labute approximate surface area is 232 Å². The molecule has 3 rings (SSSR count). The van der Waals surface area contributed by atoms with Crippen molar-refractivity contribution in [3.05, 3.63) is 28.5 Å². The van der Waals surface area contributed by atoms with Crippen LogP contribution in [0, 0.1) is 0 Å². The fraction of sp³-hybridized carbons (Fsp3) is 0.667. The quantitative estimate of drug-likeness (QED) is 0.329. The molecule has 0 aliphatic carbocycles. The molecule has 1 amide bonds. The van der Waals surface area contributed by atoms with Crippen LogP contribution in [0.1, 0.15) is 94.5 Å². The predicted molar refractivity (Wildman–Crippen MR) is 147 cm³/mol. The number of alkyl halides is 3. The van der Waals surface area contributed by atoms with Gasteiger partial charge in [-0.25, -0.2) is 9.97 Å². The summed E-state index contributed by atoms with van der Waals surface area (Å²) in [6.45, 7) is 11.5. The van der Waals surface area contributed by atoms with E-state index >= 15 is 0 Å². The van der Waals surface area contributed by atoms with Crippen LogP contribution in [-0.2, 0) is 10.9 Å². The number of methoxy groups -OCH3 is 1.